The number of carbonyl (C=O) groups is 2. The van der Waals surface area contributed by atoms with Gasteiger partial charge >= 0.3 is 12.1 Å². The highest BCUT2D eigenvalue weighted by Crippen LogP contribution is 2.42. The minimum Gasteiger partial charge on any atom is -0.493 e. The number of halogens is 3. The zero-order chi connectivity index (χ0) is 36.2. The van der Waals surface area contributed by atoms with Gasteiger partial charge in [0.1, 0.15) is 22.0 Å². The van der Waals surface area contributed by atoms with Crippen LogP contribution in [0.25, 0.3) is 0 Å². The second-order valence-corrected chi connectivity index (χ2v) is 13.7. The standard InChI is InChI=1S/C38H38Cl2FN3O7/c1-49-33-11-10-25(17-34(33)50-2)27(18-28-29(39)20-43(48)21-30(28)40)36(37(45)46)26-7-5-6-23(16-26)19-44(32-9-4-3-8-31(32)41)38(47)51-35-22-42-14-12-24(35)13-15-42/h3-11,16-17,20-21,24,27,35-36H,12-15,18-19,22H2,1-2H3,(H-,45,46,48)/p+1/t27-,35+,36?/m1/s1. The Kier molecular flexibility index (Phi) is 11.2. The Balaban J connectivity index is 1.37. The van der Waals surface area contributed by atoms with E-state index < -0.39 is 29.7 Å². The first-order valence-electron chi connectivity index (χ1n) is 16.6. The largest absolute Gasteiger partial charge is 0.493 e. The maximum absolute atomic E-state index is 15.3. The molecule has 0 aliphatic carbocycles. The SMILES string of the molecule is COc1ccc([C@@H](Cc2c(Cl)c[n+](O)cc2Cl)C(C(=O)O)c2cccc(CN(C(=O)O[C@H]3CN4CCC3CC4)c3ccccc3F)c2)cc1OC. The van der Waals surface area contributed by atoms with Gasteiger partial charge in [0.2, 0.25) is 12.4 Å². The first-order chi connectivity index (χ1) is 24.6. The number of rotatable bonds is 12. The van der Waals surface area contributed by atoms with E-state index in [1.165, 1.54) is 43.6 Å². The molecule has 13 heteroatoms. The molecule has 1 amide bonds. The lowest BCUT2D eigenvalue weighted by Crippen LogP contribution is -2.53. The third-order valence-corrected chi connectivity index (χ3v) is 10.5. The number of aliphatic carboxylic acids is 1. The number of hydrogen-bond acceptors (Lipinski definition) is 7. The highest BCUT2D eigenvalue weighted by atomic mass is 35.5. The van der Waals surface area contributed by atoms with Gasteiger partial charge in [0.25, 0.3) is 0 Å². The number of nitrogens with zero attached hydrogens (tertiary/aromatic N) is 3. The van der Waals surface area contributed by atoms with Crippen molar-refractivity contribution in [2.45, 2.75) is 43.7 Å². The fourth-order valence-corrected chi connectivity index (χ4v) is 7.84. The third-order valence-electron chi connectivity index (χ3n) is 9.86. The lowest BCUT2D eigenvalue weighted by molar-refractivity contribution is -0.904. The van der Waals surface area contributed by atoms with Crippen LogP contribution in [-0.4, -0.2) is 67.2 Å². The molecule has 1 unspecified atom stereocenters. The smallest absolute Gasteiger partial charge is 0.415 e. The van der Waals surface area contributed by atoms with Crippen molar-refractivity contribution in [1.82, 2.24) is 4.90 Å². The molecular weight excluding hydrogens is 700 g/mol. The van der Waals surface area contributed by atoms with Gasteiger partial charge in [-0.1, -0.05) is 65.7 Å². The van der Waals surface area contributed by atoms with Crippen LogP contribution in [0.4, 0.5) is 14.9 Å². The normalized spacial score (nSPS) is 19.2. The van der Waals surface area contributed by atoms with Gasteiger partial charge in [-0.25, -0.2) is 9.18 Å². The number of hydrogen-bond donors (Lipinski definition) is 2. The number of piperidine rings is 3. The summed E-state index contributed by atoms with van der Waals surface area (Å²) in [4.78, 5) is 30.7. The van der Waals surface area contributed by atoms with Gasteiger partial charge in [0.05, 0.1) is 32.4 Å². The molecule has 3 aliphatic heterocycles. The van der Waals surface area contributed by atoms with Crippen molar-refractivity contribution in [1.29, 1.82) is 0 Å². The molecule has 0 saturated carbocycles. The number of amides is 1. The van der Waals surface area contributed by atoms with Crippen LogP contribution in [0.1, 0.15) is 46.9 Å². The van der Waals surface area contributed by atoms with E-state index in [1.807, 2.05) is 0 Å². The van der Waals surface area contributed by atoms with Crippen molar-refractivity contribution < 1.29 is 43.2 Å². The van der Waals surface area contributed by atoms with Crippen LogP contribution in [0.3, 0.4) is 0 Å². The summed E-state index contributed by atoms with van der Waals surface area (Å²) in [6, 6.07) is 18.0. The summed E-state index contributed by atoms with van der Waals surface area (Å²) in [7, 11) is 2.99. The van der Waals surface area contributed by atoms with Crippen LogP contribution in [0.5, 0.6) is 11.5 Å². The van der Waals surface area contributed by atoms with Gasteiger partial charge in [-0.05, 0) is 79.2 Å². The summed E-state index contributed by atoms with van der Waals surface area (Å²) in [5, 5.41) is 21.1. The van der Waals surface area contributed by atoms with Crippen molar-refractivity contribution in [3.8, 4) is 11.5 Å². The molecule has 51 heavy (non-hydrogen) atoms. The Morgan fingerprint density at radius 3 is 2.29 bits per heavy atom. The van der Waals surface area contributed by atoms with Crippen LogP contribution >= 0.6 is 23.2 Å². The highest BCUT2D eigenvalue weighted by molar-refractivity contribution is 6.35. The van der Waals surface area contributed by atoms with Crippen molar-refractivity contribution in [3.05, 3.63) is 117 Å². The number of carboxylic acid groups (broad SMARTS) is 1. The quantitative estimate of drug-likeness (QED) is 0.117. The van der Waals surface area contributed by atoms with E-state index in [4.69, 9.17) is 37.4 Å². The molecule has 2 N–H and O–H groups in total. The summed E-state index contributed by atoms with van der Waals surface area (Å²) < 4.78 is 33.0. The minimum atomic E-state index is -1.16. The highest BCUT2D eigenvalue weighted by Gasteiger charge is 2.38. The van der Waals surface area contributed by atoms with Crippen molar-refractivity contribution in [3.63, 3.8) is 0 Å². The first-order valence-corrected chi connectivity index (χ1v) is 17.4. The number of anilines is 1. The van der Waals surface area contributed by atoms with E-state index in [9.17, 15) is 19.9 Å². The van der Waals surface area contributed by atoms with E-state index in [2.05, 4.69) is 4.90 Å². The molecule has 3 saturated heterocycles. The molecule has 3 aromatic carbocycles. The fourth-order valence-electron chi connectivity index (χ4n) is 7.24. The van der Waals surface area contributed by atoms with Crippen molar-refractivity contribution in [2.24, 2.45) is 5.92 Å². The van der Waals surface area contributed by atoms with E-state index in [0.717, 1.165) is 30.7 Å². The van der Waals surface area contributed by atoms with Crippen LogP contribution in [0, 0.1) is 11.7 Å². The molecule has 268 valence electrons. The van der Waals surface area contributed by atoms with Crippen molar-refractivity contribution >= 4 is 41.0 Å². The van der Waals surface area contributed by atoms with Crippen molar-refractivity contribution in [2.75, 3.05) is 38.8 Å². The number of benzene rings is 3. The molecule has 3 atom stereocenters. The fraction of sp³-hybridized carbons (Fsp3) is 0.342. The zero-order valence-electron chi connectivity index (χ0n) is 28.2. The van der Waals surface area contributed by atoms with E-state index in [0.29, 0.717) is 40.3 Å². The summed E-state index contributed by atoms with van der Waals surface area (Å²) in [6.07, 6.45) is 3.54. The molecule has 4 aromatic rings. The second kappa shape index (κ2) is 15.8. The molecule has 3 fully saturated rings. The maximum Gasteiger partial charge on any atom is 0.415 e. The van der Waals surface area contributed by atoms with E-state index in [-0.39, 0.29) is 40.7 Å². The Bertz CT molecular complexity index is 1880. The Morgan fingerprint density at radius 1 is 0.961 bits per heavy atom. The number of methoxy groups -OCH3 is 2. The Labute approximate surface area is 305 Å². The third kappa shape index (κ3) is 8.01. The number of fused-ring (bicyclic) bond motifs is 3. The molecule has 7 rings (SSSR count). The average molecular weight is 740 g/mol. The second-order valence-electron chi connectivity index (χ2n) is 12.9. The lowest BCUT2D eigenvalue weighted by Gasteiger charge is -2.44. The Hall–Kier alpha value is -4.58. The molecule has 0 spiro atoms. The molecule has 10 nitrogen and oxygen atoms in total. The minimum absolute atomic E-state index is 0.0571. The summed E-state index contributed by atoms with van der Waals surface area (Å²) in [5.74, 6) is -2.51. The number of pyridine rings is 1. The molecular formula is C38H39Cl2FN3O7+. The van der Waals surface area contributed by atoms with Gasteiger partial charge in [-0.3, -0.25) is 19.8 Å². The molecule has 4 heterocycles. The number of para-hydroxylation sites is 1. The molecule has 2 bridgehead atoms. The van der Waals surface area contributed by atoms with Gasteiger partial charge in [0.15, 0.2) is 11.5 Å². The predicted octanol–water partition coefficient (Wildman–Crippen LogP) is 7.11. The average Bonchev–Trinajstić information content (AvgIpc) is 3.12. The van der Waals surface area contributed by atoms with Crippen LogP contribution in [0.15, 0.2) is 79.1 Å². The monoisotopic (exact) mass is 738 g/mol. The number of aromatic nitrogens is 1. The van der Waals surface area contributed by atoms with E-state index in [1.54, 1.807) is 54.6 Å². The summed E-state index contributed by atoms with van der Waals surface area (Å²) in [6.45, 7) is 2.51. The molecule has 0 radical (unpaired) electrons. The van der Waals surface area contributed by atoms with Crippen LogP contribution in [0.2, 0.25) is 10.0 Å². The first kappa shape index (κ1) is 36.2. The van der Waals surface area contributed by atoms with Crippen LogP contribution in [-0.2, 0) is 22.5 Å². The lowest BCUT2D eigenvalue weighted by atomic mass is 9.77. The maximum atomic E-state index is 15.3. The van der Waals surface area contributed by atoms with E-state index >= 15 is 4.39 Å². The number of ether oxygens (including phenoxy) is 3. The molecule has 3 aliphatic rings. The predicted molar refractivity (Wildman–Crippen MR) is 189 cm³/mol. The topological polar surface area (TPSA) is 113 Å². The zero-order valence-corrected chi connectivity index (χ0v) is 29.7. The summed E-state index contributed by atoms with van der Waals surface area (Å²) in [5.41, 5.74) is 2.09. The van der Waals surface area contributed by atoms with Gasteiger partial charge < -0.3 is 19.3 Å². The number of carboxylic acids is 1. The van der Waals surface area contributed by atoms with Gasteiger partial charge in [-0.2, -0.15) is 0 Å². The van der Waals surface area contributed by atoms with Gasteiger partial charge in [0, 0.05) is 22.8 Å². The number of carbonyl (C=O) groups excluding carboxylic acids is 1. The summed E-state index contributed by atoms with van der Waals surface area (Å²) >= 11 is 13.1. The van der Waals surface area contributed by atoms with Crippen LogP contribution < -0.4 is 19.1 Å². The Morgan fingerprint density at radius 2 is 1.67 bits per heavy atom. The molecule has 1 aromatic heterocycles. The van der Waals surface area contributed by atoms with Gasteiger partial charge in [-0.15, -0.1) is 0 Å².